The summed E-state index contributed by atoms with van der Waals surface area (Å²) in [5.74, 6) is -4.62. The number of carboxylic acids is 1. The Hall–Kier alpha value is -3.80. The Morgan fingerprint density at radius 1 is 0.846 bits per heavy atom. The number of halogens is 13. The van der Waals surface area contributed by atoms with Crippen molar-refractivity contribution in [3.63, 3.8) is 0 Å². The summed E-state index contributed by atoms with van der Waals surface area (Å²) >= 11 is 0. The zero-order chi connectivity index (χ0) is 30.6. The maximum absolute atomic E-state index is 14.0. The molecule has 39 heavy (non-hydrogen) atoms. The number of hydrogen-bond acceptors (Lipinski definition) is 3. The molecule has 2 rings (SSSR count). The monoisotopic (exact) mass is 591 g/mol. The van der Waals surface area contributed by atoms with Crippen molar-refractivity contribution in [3.05, 3.63) is 64.7 Å². The van der Waals surface area contributed by atoms with Crippen LogP contribution in [0.3, 0.4) is 0 Å². The van der Waals surface area contributed by atoms with Gasteiger partial charge < -0.3 is 15.7 Å². The van der Waals surface area contributed by atoms with Crippen LogP contribution in [-0.2, 0) is 17.1 Å². The number of aliphatic carboxylic acids is 1. The van der Waals surface area contributed by atoms with Gasteiger partial charge in [-0.3, -0.25) is 4.98 Å². The third-order valence-corrected chi connectivity index (χ3v) is 4.41. The van der Waals surface area contributed by atoms with Crippen molar-refractivity contribution in [1.29, 1.82) is 0 Å². The molecule has 0 aliphatic heterocycles. The molecule has 0 fully saturated rings. The molecular formula is C20H14F13N3O3. The van der Waals surface area contributed by atoms with Crippen LogP contribution in [0.5, 0.6) is 0 Å². The maximum atomic E-state index is 14.0. The van der Waals surface area contributed by atoms with Crippen molar-refractivity contribution in [1.82, 2.24) is 15.6 Å². The van der Waals surface area contributed by atoms with Gasteiger partial charge in [0.15, 0.2) is 0 Å². The fourth-order valence-corrected chi connectivity index (χ4v) is 2.59. The summed E-state index contributed by atoms with van der Waals surface area (Å²) in [5, 5.41) is 10.4. The Bertz CT molecular complexity index is 1160. The van der Waals surface area contributed by atoms with Crippen LogP contribution in [0.15, 0.2) is 36.5 Å². The third kappa shape index (κ3) is 9.78. The number of aromatic nitrogens is 1. The second kappa shape index (κ2) is 11.9. The number of rotatable bonds is 4. The van der Waals surface area contributed by atoms with Gasteiger partial charge in [-0.1, -0.05) is 6.07 Å². The van der Waals surface area contributed by atoms with Gasteiger partial charge in [0.25, 0.3) is 0 Å². The lowest BCUT2D eigenvalue weighted by molar-refractivity contribution is -0.192. The minimum Gasteiger partial charge on any atom is -0.475 e. The lowest BCUT2D eigenvalue weighted by Gasteiger charge is -2.24. The van der Waals surface area contributed by atoms with Gasteiger partial charge in [0.05, 0.1) is 22.9 Å². The van der Waals surface area contributed by atoms with Crippen molar-refractivity contribution in [3.8, 4) is 0 Å². The summed E-state index contributed by atoms with van der Waals surface area (Å²) in [5.41, 5.74) is -4.75. The van der Waals surface area contributed by atoms with Gasteiger partial charge in [0.1, 0.15) is 11.9 Å². The number of alkyl halides is 12. The number of amides is 2. The molecule has 1 aromatic heterocycles. The van der Waals surface area contributed by atoms with Crippen molar-refractivity contribution < 1.29 is 71.8 Å². The summed E-state index contributed by atoms with van der Waals surface area (Å²) in [6.07, 6.45) is -19.3. The normalized spacial score (nSPS) is 14.0. The van der Waals surface area contributed by atoms with E-state index in [1.165, 1.54) is 5.32 Å². The molecule has 0 bridgehead atoms. The second-order valence-electron chi connectivity index (χ2n) is 7.29. The minimum atomic E-state index is -5.12. The lowest BCUT2D eigenvalue weighted by Crippen LogP contribution is -2.48. The first-order valence-corrected chi connectivity index (χ1v) is 9.78. The van der Waals surface area contributed by atoms with Gasteiger partial charge >= 0.3 is 36.7 Å². The molecule has 0 saturated heterocycles. The van der Waals surface area contributed by atoms with Gasteiger partial charge in [0.2, 0.25) is 0 Å². The Kier molecular flexibility index (Phi) is 10.2. The van der Waals surface area contributed by atoms with Crippen LogP contribution >= 0.6 is 0 Å². The molecule has 2 atom stereocenters. The zero-order valence-electron chi connectivity index (χ0n) is 18.7. The summed E-state index contributed by atoms with van der Waals surface area (Å²) in [4.78, 5) is 24.4. The van der Waals surface area contributed by atoms with Gasteiger partial charge in [-0.25, -0.2) is 14.0 Å². The molecule has 2 amide bonds. The van der Waals surface area contributed by atoms with Crippen molar-refractivity contribution in [2.24, 2.45) is 0 Å². The molecule has 0 unspecified atom stereocenters. The maximum Gasteiger partial charge on any atom is 0.490 e. The highest BCUT2D eigenvalue weighted by molar-refractivity contribution is 5.75. The predicted molar refractivity (Wildman–Crippen MR) is 103 cm³/mol. The summed E-state index contributed by atoms with van der Waals surface area (Å²) < 4.78 is 162. The van der Waals surface area contributed by atoms with E-state index in [1.807, 2.05) is 0 Å². The molecule has 6 nitrogen and oxygen atoms in total. The Balaban J connectivity index is 0.000000956. The molecule has 0 aliphatic carbocycles. The molecule has 1 aromatic carbocycles. The minimum absolute atomic E-state index is 0.218. The van der Waals surface area contributed by atoms with Crippen LogP contribution in [0.1, 0.15) is 35.3 Å². The topological polar surface area (TPSA) is 91.3 Å². The number of nitrogens with one attached hydrogen (secondary N) is 2. The number of carbonyl (C=O) groups excluding carboxylic acids is 1. The predicted octanol–water partition coefficient (Wildman–Crippen LogP) is 6.23. The smallest absolute Gasteiger partial charge is 0.475 e. The first-order valence-electron chi connectivity index (χ1n) is 9.78. The number of pyridine rings is 1. The zero-order valence-corrected chi connectivity index (χ0v) is 18.7. The number of urea groups is 1. The van der Waals surface area contributed by atoms with Crippen LogP contribution in [-0.4, -0.2) is 40.5 Å². The molecule has 3 N–H and O–H groups in total. The van der Waals surface area contributed by atoms with Gasteiger partial charge in [-0.15, -0.1) is 0 Å². The Morgan fingerprint density at radius 2 is 1.36 bits per heavy atom. The molecule has 0 radical (unpaired) electrons. The second-order valence-corrected chi connectivity index (χ2v) is 7.29. The third-order valence-electron chi connectivity index (χ3n) is 4.41. The van der Waals surface area contributed by atoms with E-state index in [4.69, 9.17) is 9.90 Å². The summed E-state index contributed by atoms with van der Waals surface area (Å²) in [6.45, 7) is 0.550. The number of nitrogens with zero attached hydrogens (tertiary/aromatic N) is 1. The average Bonchev–Trinajstić information content (AvgIpc) is 2.75. The standard InChI is InChI=1S/C18H13F10N3O.C2HF3O2/c1-8(16(20,21)22)30-15(32)31-13(14-11(18(26,27)28)3-2-6-29-14)9-4-5-10(12(19)7-9)17(23,24)25;3-2(4,5)1(6)7/h2-8,13H,1H3,(H2,30,31,32);(H,6,7)/t8-,13+;/m1./s1. The van der Waals surface area contributed by atoms with E-state index in [0.29, 0.717) is 19.1 Å². The highest BCUT2D eigenvalue weighted by Crippen LogP contribution is 2.37. The van der Waals surface area contributed by atoms with E-state index in [2.05, 4.69) is 4.98 Å². The van der Waals surface area contributed by atoms with E-state index in [1.54, 1.807) is 5.32 Å². The van der Waals surface area contributed by atoms with Crippen LogP contribution in [0.2, 0.25) is 0 Å². The van der Waals surface area contributed by atoms with Crippen molar-refractivity contribution in [2.75, 3.05) is 0 Å². The first kappa shape index (κ1) is 33.2. The molecule has 1 heterocycles. The van der Waals surface area contributed by atoms with E-state index in [-0.39, 0.29) is 12.1 Å². The Morgan fingerprint density at radius 3 is 1.77 bits per heavy atom. The van der Waals surface area contributed by atoms with Crippen LogP contribution in [0.4, 0.5) is 61.9 Å². The Labute approximate surface area is 208 Å². The average molecular weight is 591 g/mol. The number of carbonyl (C=O) groups is 2. The lowest BCUT2D eigenvalue weighted by atomic mass is 9.97. The molecule has 19 heteroatoms. The van der Waals surface area contributed by atoms with E-state index >= 15 is 0 Å². The molecule has 0 saturated carbocycles. The van der Waals surface area contributed by atoms with E-state index in [0.717, 1.165) is 12.3 Å². The van der Waals surface area contributed by atoms with Crippen LogP contribution in [0.25, 0.3) is 0 Å². The summed E-state index contributed by atoms with van der Waals surface area (Å²) in [7, 11) is 0. The van der Waals surface area contributed by atoms with Gasteiger partial charge in [-0.05, 0) is 36.8 Å². The fourth-order valence-electron chi connectivity index (χ4n) is 2.59. The van der Waals surface area contributed by atoms with Crippen molar-refractivity contribution in [2.45, 2.75) is 43.7 Å². The molecular weight excluding hydrogens is 577 g/mol. The van der Waals surface area contributed by atoms with Gasteiger partial charge in [0, 0.05) is 6.20 Å². The molecule has 0 spiro atoms. The molecule has 218 valence electrons. The van der Waals surface area contributed by atoms with E-state index < -0.39 is 77.0 Å². The fraction of sp³-hybridized carbons (Fsp3) is 0.350. The van der Waals surface area contributed by atoms with Gasteiger partial charge in [-0.2, -0.15) is 52.7 Å². The quantitative estimate of drug-likeness (QED) is 0.368. The largest absolute Gasteiger partial charge is 0.490 e. The molecule has 2 aromatic rings. The SMILES string of the molecule is C[C@@H](NC(=O)N[C@@H](c1ccc(C(F)(F)F)c(F)c1)c1ncccc1C(F)(F)F)C(F)(F)F.O=C(O)C(F)(F)F. The van der Waals surface area contributed by atoms with Crippen LogP contribution < -0.4 is 10.6 Å². The highest BCUT2D eigenvalue weighted by atomic mass is 19.4. The summed E-state index contributed by atoms with van der Waals surface area (Å²) in [6, 6.07) is -3.63. The number of benzene rings is 1. The molecule has 0 aliphatic rings. The first-order chi connectivity index (χ1) is 17.5. The van der Waals surface area contributed by atoms with E-state index in [9.17, 15) is 61.9 Å². The number of carboxylic acid groups (broad SMARTS) is 1. The van der Waals surface area contributed by atoms with Crippen LogP contribution in [0, 0.1) is 5.82 Å². The number of hydrogen-bond donors (Lipinski definition) is 3. The highest BCUT2D eigenvalue weighted by Gasteiger charge is 2.40. The van der Waals surface area contributed by atoms with Crippen molar-refractivity contribution >= 4 is 12.0 Å².